The Morgan fingerprint density at radius 3 is 2.36 bits per heavy atom. The predicted octanol–water partition coefficient (Wildman–Crippen LogP) is 2.82. The molecule has 0 aliphatic heterocycles. The molecule has 0 aliphatic rings. The lowest BCUT2D eigenvalue weighted by atomic mass is 10.3. The summed E-state index contributed by atoms with van der Waals surface area (Å²) >= 11 is 0. The molecule has 0 unspecified atom stereocenters. The Labute approximate surface area is 86.7 Å². The average molecular weight is 199 g/mol. The average Bonchev–Trinajstić information content (AvgIpc) is 2.19. The molecule has 0 aromatic heterocycles. The minimum Gasteiger partial charge on any atom is -0.449 e. The number of carbonyl (C=O) groups is 1. The van der Waals surface area contributed by atoms with Crippen LogP contribution in [0.1, 0.15) is 33.6 Å². The number of hydrogen-bond acceptors (Lipinski definition) is 2. The molecule has 0 bridgehead atoms. The maximum atomic E-state index is 11.3. The van der Waals surface area contributed by atoms with Gasteiger partial charge < -0.3 is 9.64 Å². The second kappa shape index (κ2) is 8.60. The maximum absolute atomic E-state index is 11.3. The SMILES string of the molecule is CC/C=C/CCOC(=O)N(CC)CC. The number of ether oxygens (including phenoxy) is 1. The third kappa shape index (κ3) is 5.62. The van der Waals surface area contributed by atoms with Crippen molar-refractivity contribution in [3.63, 3.8) is 0 Å². The zero-order chi connectivity index (χ0) is 10.8. The van der Waals surface area contributed by atoms with E-state index in [2.05, 4.69) is 13.0 Å². The van der Waals surface area contributed by atoms with Crippen LogP contribution in [0.3, 0.4) is 0 Å². The summed E-state index contributed by atoms with van der Waals surface area (Å²) in [5, 5.41) is 0. The van der Waals surface area contributed by atoms with E-state index in [1.807, 2.05) is 19.9 Å². The van der Waals surface area contributed by atoms with E-state index in [1.54, 1.807) is 4.90 Å². The van der Waals surface area contributed by atoms with Gasteiger partial charge in [-0.05, 0) is 26.7 Å². The van der Waals surface area contributed by atoms with Gasteiger partial charge in [0.1, 0.15) is 0 Å². The van der Waals surface area contributed by atoms with E-state index in [0.29, 0.717) is 19.7 Å². The van der Waals surface area contributed by atoms with Gasteiger partial charge in [-0.25, -0.2) is 4.79 Å². The molecule has 0 saturated carbocycles. The maximum Gasteiger partial charge on any atom is 0.409 e. The first-order valence-electron chi connectivity index (χ1n) is 5.32. The van der Waals surface area contributed by atoms with Crippen LogP contribution in [0.15, 0.2) is 12.2 Å². The van der Waals surface area contributed by atoms with Crippen LogP contribution in [0.4, 0.5) is 4.79 Å². The van der Waals surface area contributed by atoms with Crippen LogP contribution >= 0.6 is 0 Å². The summed E-state index contributed by atoms with van der Waals surface area (Å²) < 4.78 is 5.07. The molecule has 0 heterocycles. The van der Waals surface area contributed by atoms with Gasteiger partial charge in [0, 0.05) is 13.1 Å². The molecule has 3 nitrogen and oxygen atoms in total. The summed E-state index contributed by atoms with van der Waals surface area (Å²) in [6, 6.07) is 0. The fourth-order valence-electron chi connectivity index (χ4n) is 1.07. The highest BCUT2D eigenvalue weighted by atomic mass is 16.6. The topological polar surface area (TPSA) is 29.5 Å². The van der Waals surface area contributed by atoms with E-state index in [0.717, 1.165) is 12.8 Å². The van der Waals surface area contributed by atoms with Crippen molar-refractivity contribution in [2.75, 3.05) is 19.7 Å². The highest BCUT2D eigenvalue weighted by Crippen LogP contribution is 1.95. The lowest BCUT2D eigenvalue weighted by molar-refractivity contribution is 0.108. The van der Waals surface area contributed by atoms with Crippen LogP contribution in [0.25, 0.3) is 0 Å². The Morgan fingerprint density at radius 1 is 1.21 bits per heavy atom. The number of nitrogens with zero attached hydrogens (tertiary/aromatic N) is 1. The van der Waals surface area contributed by atoms with Gasteiger partial charge in [0.2, 0.25) is 0 Å². The number of rotatable bonds is 6. The van der Waals surface area contributed by atoms with Crippen molar-refractivity contribution in [3.05, 3.63) is 12.2 Å². The first-order valence-corrected chi connectivity index (χ1v) is 5.32. The van der Waals surface area contributed by atoms with Gasteiger partial charge in [-0.2, -0.15) is 0 Å². The van der Waals surface area contributed by atoms with Crippen LogP contribution in [0.2, 0.25) is 0 Å². The molecule has 0 atom stereocenters. The van der Waals surface area contributed by atoms with E-state index in [4.69, 9.17) is 4.74 Å². The molecule has 1 amide bonds. The zero-order valence-corrected chi connectivity index (χ0v) is 9.45. The molecule has 0 fully saturated rings. The van der Waals surface area contributed by atoms with Crippen molar-refractivity contribution in [3.8, 4) is 0 Å². The first kappa shape index (κ1) is 13.0. The number of allylic oxidation sites excluding steroid dienone is 1. The third-order valence-corrected chi connectivity index (χ3v) is 1.93. The van der Waals surface area contributed by atoms with E-state index in [-0.39, 0.29) is 6.09 Å². The van der Waals surface area contributed by atoms with Crippen LogP contribution in [-0.2, 0) is 4.74 Å². The van der Waals surface area contributed by atoms with E-state index >= 15 is 0 Å². The monoisotopic (exact) mass is 199 g/mol. The summed E-state index contributed by atoms with van der Waals surface area (Å²) in [5.74, 6) is 0. The highest BCUT2D eigenvalue weighted by Gasteiger charge is 2.08. The lowest BCUT2D eigenvalue weighted by Gasteiger charge is -2.17. The molecule has 14 heavy (non-hydrogen) atoms. The second-order valence-electron chi connectivity index (χ2n) is 2.95. The van der Waals surface area contributed by atoms with Gasteiger partial charge in [0.05, 0.1) is 6.61 Å². The molecule has 0 spiro atoms. The summed E-state index contributed by atoms with van der Waals surface area (Å²) in [6.45, 7) is 7.87. The number of carbonyl (C=O) groups excluding carboxylic acids is 1. The molecule has 0 N–H and O–H groups in total. The quantitative estimate of drug-likeness (QED) is 0.486. The van der Waals surface area contributed by atoms with Crippen molar-refractivity contribution < 1.29 is 9.53 Å². The first-order chi connectivity index (χ1) is 6.76. The standard InChI is InChI=1S/C11H21NO2/c1-4-7-8-9-10-14-11(13)12(5-2)6-3/h7-8H,4-6,9-10H2,1-3H3/b8-7+. The molecule has 0 aliphatic carbocycles. The lowest BCUT2D eigenvalue weighted by Crippen LogP contribution is -2.31. The predicted molar refractivity (Wildman–Crippen MR) is 58.3 cm³/mol. The molecule has 0 aromatic rings. The van der Waals surface area contributed by atoms with Gasteiger partial charge in [0.15, 0.2) is 0 Å². The minimum atomic E-state index is -0.208. The molecule has 82 valence electrons. The number of amides is 1. The Morgan fingerprint density at radius 2 is 1.86 bits per heavy atom. The van der Waals surface area contributed by atoms with Crippen molar-refractivity contribution >= 4 is 6.09 Å². The third-order valence-electron chi connectivity index (χ3n) is 1.93. The molecule has 0 radical (unpaired) electrons. The number of hydrogen-bond donors (Lipinski definition) is 0. The van der Waals surface area contributed by atoms with Gasteiger partial charge in [0.25, 0.3) is 0 Å². The van der Waals surface area contributed by atoms with Crippen molar-refractivity contribution in [2.45, 2.75) is 33.6 Å². The second-order valence-corrected chi connectivity index (χ2v) is 2.95. The van der Waals surface area contributed by atoms with E-state index < -0.39 is 0 Å². The molecule has 0 rings (SSSR count). The Hall–Kier alpha value is -0.990. The van der Waals surface area contributed by atoms with Crippen LogP contribution in [0.5, 0.6) is 0 Å². The summed E-state index contributed by atoms with van der Waals surface area (Å²) in [5.41, 5.74) is 0. The molecular formula is C11H21NO2. The molecular weight excluding hydrogens is 178 g/mol. The Balaban J connectivity index is 3.57. The Kier molecular flexibility index (Phi) is 7.99. The van der Waals surface area contributed by atoms with Gasteiger partial charge in [-0.3, -0.25) is 0 Å². The summed E-state index contributed by atoms with van der Waals surface area (Å²) in [4.78, 5) is 13.0. The van der Waals surface area contributed by atoms with Crippen molar-refractivity contribution in [2.24, 2.45) is 0 Å². The largest absolute Gasteiger partial charge is 0.449 e. The van der Waals surface area contributed by atoms with Crippen molar-refractivity contribution in [1.29, 1.82) is 0 Å². The fraction of sp³-hybridized carbons (Fsp3) is 0.727. The normalized spacial score (nSPS) is 10.5. The van der Waals surface area contributed by atoms with Gasteiger partial charge in [-0.15, -0.1) is 0 Å². The molecule has 0 aromatic carbocycles. The van der Waals surface area contributed by atoms with E-state index in [9.17, 15) is 4.79 Å². The Bertz CT molecular complexity index is 174. The van der Waals surface area contributed by atoms with Crippen molar-refractivity contribution in [1.82, 2.24) is 4.90 Å². The van der Waals surface area contributed by atoms with Gasteiger partial charge >= 0.3 is 6.09 Å². The van der Waals surface area contributed by atoms with Crippen LogP contribution < -0.4 is 0 Å². The zero-order valence-electron chi connectivity index (χ0n) is 9.45. The fourth-order valence-corrected chi connectivity index (χ4v) is 1.07. The summed E-state index contributed by atoms with van der Waals surface area (Å²) in [6.07, 6.45) is 5.74. The van der Waals surface area contributed by atoms with E-state index in [1.165, 1.54) is 0 Å². The molecule has 0 saturated heterocycles. The summed E-state index contributed by atoms with van der Waals surface area (Å²) in [7, 11) is 0. The molecule has 3 heteroatoms. The minimum absolute atomic E-state index is 0.208. The highest BCUT2D eigenvalue weighted by molar-refractivity contribution is 5.67. The van der Waals surface area contributed by atoms with Crippen LogP contribution in [0, 0.1) is 0 Å². The van der Waals surface area contributed by atoms with Crippen LogP contribution in [-0.4, -0.2) is 30.7 Å². The van der Waals surface area contributed by atoms with Gasteiger partial charge in [-0.1, -0.05) is 19.1 Å². The smallest absolute Gasteiger partial charge is 0.409 e.